The summed E-state index contributed by atoms with van der Waals surface area (Å²) in [6.45, 7) is 3.89. The first kappa shape index (κ1) is 20.5. The van der Waals surface area contributed by atoms with E-state index >= 15 is 0 Å². The number of aliphatic imine (C=N–C) groups is 1. The zero-order chi connectivity index (χ0) is 17.5. The van der Waals surface area contributed by atoms with Crippen molar-refractivity contribution in [2.24, 2.45) is 4.99 Å². The van der Waals surface area contributed by atoms with Crippen LogP contribution in [0.15, 0.2) is 34.3 Å². The molecule has 2 N–H and O–H groups in total. The zero-order valence-electron chi connectivity index (χ0n) is 15.2. The summed E-state index contributed by atoms with van der Waals surface area (Å²) in [5, 5.41) is 11.0. The maximum absolute atomic E-state index is 12.3. The number of aryl methyl sites for hydroxylation is 2. The summed E-state index contributed by atoms with van der Waals surface area (Å²) in [5.41, 5.74) is 0.0314. The molecular formula is C17H28IN7O. The van der Waals surface area contributed by atoms with E-state index < -0.39 is 0 Å². The van der Waals surface area contributed by atoms with E-state index in [0.717, 1.165) is 63.6 Å². The Bertz CT molecular complexity index is 748. The van der Waals surface area contributed by atoms with Gasteiger partial charge in [-0.1, -0.05) is 0 Å². The average molecular weight is 473 g/mol. The smallest absolute Gasteiger partial charge is 0.345 e. The molecule has 0 atom stereocenters. The van der Waals surface area contributed by atoms with Gasteiger partial charge in [0.15, 0.2) is 5.96 Å². The summed E-state index contributed by atoms with van der Waals surface area (Å²) in [7, 11) is 1.76. The van der Waals surface area contributed by atoms with E-state index in [2.05, 4.69) is 25.3 Å². The largest absolute Gasteiger partial charge is 0.356 e. The first-order chi connectivity index (χ1) is 12.3. The number of rotatable bonds is 7. The Hall–Kier alpha value is -1.78. The number of halogens is 1. The molecule has 0 amide bonds. The van der Waals surface area contributed by atoms with Crippen LogP contribution in [0.4, 0.5) is 0 Å². The minimum absolute atomic E-state index is 0. The number of nitrogens with zero attached hydrogens (tertiary/aromatic N) is 5. The topological polar surface area (TPSA) is 81.2 Å². The molecule has 1 aliphatic heterocycles. The van der Waals surface area contributed by atoms with Gasteiger partial charge >= 0.3 is 5.69 Å². The highest BCUT2D eigenvalue weighted by Crippen LogP contribution is 2.09. The summed E-state index contributed by atoms with van der Waals surface area (Å²) >= 11 is 0. The molecule has 2 aromatic heterocycles. The lowest BCUT2D eigenvalue weighted by Crippen LogP contribution is -2.39. The summed E-state index contributed by atoms with van der Waals surface area (Å²) in [6, 6.07) is 4.03. The Morgan fingerprint density at radius 2 is 1.96 bits per heavy atom. The second kappa shape index (κ2) is 10.4. The molecule has 0 spiro atoms. The fraction of sp³-hybridized carbons (Fsp3) is 0.588. The molecule has 0 unspecified atom stereocenters. The normalized spacial score (nSPS) is 13.8. The maximum Gasteiger partial charge on any atom is 0.345 e. The molecule has 1 aliphatic rings. The van der Waals surface area contributed by atoms with Crippen molar-refractivity contribution in [3.63, 3.8) is 0 Å². The first-order valence-corrected chi connectivity index (χ1v) is 9.00. The Morgan fingerprint density at radius 1 is 1.19 bits per heavy atom. The highest BCUT2D eigenvalue weighted by Gasteiger charge is 2.16. The third-order valence-electron chi connectivity index (χ3n) is 4.42. The lowest BCUT2D eigenvalue weighted by atomic mass is 10.2. The zero-order valence-corrected chi connectivity index (χ0v) is 17.6. The molecule has 0 saturated carbocycles. The number of fused-ring (bicyclic) bond motifs is 1. The van der Waals surface area contributed by atoms with Crippen molar-refractivity contribution >= 4 is 29.9 Å². The second-order valence-corrected chi connectivity index (χ2v) is 6.23. The van der Waals surface area contributed by atoms with E-state index in [-0.39, 0.29) is 29.7 Å². The predicted molar refractivity (Wildman–Crippen MR) is 113 cm³/mol. The van der Waals surface area contributed by atoms with Gasteiger partial charge in [0.1, 0.15) is 5.82 Å². The van der Waals surface area contributed by atoms with E-state index in [0.29, 0.717) is 6.54 Å². The molecule has 0 bridgehead atoms. The molecule has 8 nitrogen and oxygen atoms in total. The van der Waals surface area contributed by atoms with Crippen LogP contribution in [-0.2, 0) is 26.1 Å². The maximum atomic E-state index is 12.3. The number of guanidine groups is 1. The molecule has 3 rings (SSSR count). The molecule has 2 aromatic rings. The Labute approximate surface area is 170 Å². The van der Waals surface area contributed by atoms with Gasteiger partial charge in [0.25, 0.3) is 0 Å². The van der Waals surface area contributed by atoms with Crippen LogP contribution in [0.3, 0.4) is 0 Å². The van der Waals surface area contributed by atoms with Crippen LogP contribution in [0.25, 0.3) is 0 Å². The van der Waals surface area contributed by atoms with Gasteiger partial charge in [0.2, 0.25) is 0 Å². The third kappa shape index (κ3) is 5.36. The quantitative estimate of drug-likeness (QED) is 0.273. The SMILES string of the molecule is CN=C(NCCCn1nc2n(c1=O)CCCC2)NCCn1cccc1.I. The first-order valence-electron chi connectivity index (χ1n) is 9.00. The summed E-state index contributed by atoms with van der Waals surface area (Å²) in [5.74, 6) is 1.72. The van der Waals surface area contributed by atoms with Gasteiger partial charge in [0.05, 0.1) is 0 Å². The van der Waals surface area contributed by atoms with Crippen LogP contribution < -0.4 is 16.3 Å². The fourth-order valence-electron chi connectivity index (χ4n) is 3.07. The molecule has 0 aliphatic carbocycles. The highest BCUT2D eigenvalue weighted by atomic mass is 127. The van der Waals surface area contributed by atoms with E-state index in [4.69, 9.17) is 0 Å². The highest BCUT2D eigenvalue weighted by molar-refractivity contribution is 14.0. The Balaban J connectivity index is 0.00000243. The third-order valence-corrected chi connectivity index (χ3v) is 4.42. The van der Waals surface area contributed by atoms with Crippen molar-refractivity contribution in [1.82, 2.24) is 29.5 Å². The summed E-state index contributed by atoms with van der Waals surface area (Å²) in [6.07, 6.45) is 8.03. The monoisotopic (exact) mass is 473 g/mol. The van der Waals surface area contributed by atoms with E-state index in [9.17, 15) is 4.79 Å². The lowest BCUT2D eigenvalue weighted by molar-refractivity contribution is 0.509. The molecular weight excluding hydrogens is 445 g/mol. The molecule has 9 heteroatoms. The number of hydrogen-bond acceptors (Lipinski definition) is 3. The van der Waals surface area contributed by atoms with Gasteiger partial charge in [-0.15, -0.1) is 24.0 Å². The lowest BCUT2D eigenvalue weighted by Gasteiger charge is -2.12. The molecule has 26 heavy (non-hydrogen) atoms. The van der Waals surface area contributed by atoms with Gasteiger partial charge in [-0.2, -0.15) is 5.10 Å². The fourth-order valence-corrected chi connectivity index (χ4v) is 3.07. The molecule has 0 fully saturated rings. The van der Waals surface area contributed by atoms with E-state index in [1.807, 2.05) is 29.1 Å². The van der Waals surface area contributed by atoms with Crippen LogP contribution in [0.5, 0.6) is 0 Å². The van der Waals surface area contributed by atoms with Crippen molar-refractivity contribution in [2.45, 2.75) is 45.3 Å². The predicted octanol–water partition coefficient (Wildman–Crippen LogP) is 1.06. The minimum Gasteiger partial charge on any atom is -0.356 e. The molecule has 144 valence electrons. The van der Waals surface area contributed by atoms with Crippen molar-refractivity contribution in [3.05, 3.63) is 40.8 Å². The van der Waals surface area contributed by atoms with E-state index in [1.54, 1.807) is 11.7 Å². The van der Waals surface area contributed by atoms with Crippen LogP contribution in [0.1, 0.15) is 25.1 Å². The average Bonchev–Trinajstić information content (AvgIpc) is 3.26. The van der Waals surface area contributed by atoms with Gasteiger partial charge < -0.3 is 15.2 Å². The molecule has 3 heterocycles. The van der Waals surface area contributed by atoms with Gasteiger partial charge in [0, 0.05) is 58.6 Å². The molecule has 0 aromatic carbocycles. The Kier molecular flexibility index (Phi) is 8.20. The molecule has 0 radical (unpaired) electrons. The van der Waals surface area contributed by atoms with E-state index in [1.165, 1.54) is 0 Å². The summed E-state index contributed by atoms with van der Waals surface area (Å²) < 4.78 is 5.54. The number of hydrogen-bond donors (Lipinski definition) is 2. The van der Waals surface area contributed by atoms with Crippen LogP contribution in [0.2, 0.25) is 0 Å². The van der Waals surface area contributed by atoms with Gasteiger partial charge in [-0.05, 0) is 31.4 Å². The minimum atomic E-state index is 0. The number of aromatic nitrogens is 4. The van der Waals surface area contributed by atoms with Gasteiger partial charge in [-0.3, -0.25) is 9.56 Å². The Morgan fingerprint density at radius 3 is 2.69 bits per heavy atom. The van der Waals surface area contributed by atoms with Crippen molar-refractivity contribution < 1.29 is 0 Å². The second-order valence-electron chi connectivity index (χ2n) is 6.23. The van der Waals surface area contributed by atoms with Crippen molar-refractivity contribution in [1.29, 1.82) is 0 Å². The van der Waals surface area contributed by atoms with Crippen molar-refractivity contribution in [3.8, 4) is 0 Å². The van der Waals surface area contributed by atoms with Gasteiger partial charge in [-0.25, -0.2) is 9.48 Å². The van der Waals surface area contributed by atoms with Crippen LogP contribution in [-0.4, -0.2) is 45.0 Å². The van der Waals surface area contributed by atoms with Crippen molar-refractivity contribution in [2.75, 3.05) is 20.1 Å². The molecule has 0 saturated heterocycles. The number of nitrogens with one attached hydrogen (secondary N) is 2. The van der Waals surface area contributed by atoms with Crippen LogP contribution in [0, 0.1) is 0 Å². The summed E-state index contributed by atoms with van der Waals surface area (Å²) in [4.78, 5) is 16.5. The standard InChI is InChI=1S/C17H27N7O.HI/c1-18-16(20-9-14-22-10-4-5-11-22)19-8-6-13-24-17(25)23-12-3-2-7-15(23)21-24;/h4-5,10-11H,2-3,6-9,12-14H2,1H3,(H2,18,19,20);1H. The van der Waals surface area contributed by atoms with Crippen LogP contribution >= 0.6 is 24.0 Å².